The molecule has 0 aromatic heterocycles. The Balaban J connectivity index is 1.70. The Morgan fingerprint density at radius 3 is 2.13 bits per heavy atom. The van der Waals surface area contributed by atoms with Gasteiger partial charge in [0.2, 0.25) is 0 Å². The van der Waals surface area contributed by atoms with E-state index in [0.717, 1.165) is 17.9 Å². The van der Waals surface area contributed by atoms with E-state index in [4.69, 9.17) is 0 Å². The summed E-state index contributed by atoms with van der Waals surface area (Å²) in [5.41, 5.74) is 2.35. The summed E-state index contributed by atoms with van der Waals surface area (Å²) >= 11 is 0. The molecule has 0 bridgehead atoms. The molecule has 1 fully saturated rings. The highest BCUT2D eigenvalue weighted by molar-refractivity contribution is 5.11. The van der Waals surface area contributed by atoms with Gasteiger partial charge in [-0.1, -0.05) is 143 Å². The van der Waals surface area contributed by atoms with E-state index >= 15 is 0 Å². The Morgan fingerprint density at radius 1 is 0.718 bits per heavy atom. The summed E-state index contributed by atoms with van der Waals surface area (Å²) in [5.74, 6) is 1.83. The Hall–Kier alpha value is -0.300. The molecule has 230 valence electrons. The van der Waals surface area contributed by atoms with Crippen LogP contribution in [0, 0.1) is 17.3 Å². The molecule has 0 spiro atoms. The van der Waals surface area contributed by atoms with Gasteiger partial charge in [0.15, 0.2) is 0 Å². The lowest BCUT2D eigenvalue weighted by Gasteiger charge is -2.38. The van der Waals surface area contributed by atoms with Gasteiger partial charge in [0.1, 0.15) is 0 Å². The molecular weight excluding hydrogens is 470 g/mol. The van der Waals surface area contributed by atoms with Crippen LogP contribution < -0.4 is 5.32 Å². The van der Waals surface area contributed by atoms with Gasteiger partial charge in [-0.3, -0.25) is 0 Å². The molecule has 39 heavy (non-hydrogen) atoms. The second-order valence-corrected chi connectivity index (χ2v) is 14.7. The van der Waals surface area contributed by atoms with Crippen LogP contribution in [0.25, 0.3) is 0 Å². The van der Waals surface area contributed by atoms with Gasteiger partial charge in [-0.05, 0) is 87.9 Å². The molecule has 0 aliphatic heterocycles. The molecule has 4 unspecified atom stereocenters. The van der Waals surface area contributed by atoms with Crippen molar-refractivity contribution < 1.29 is 0 Å². The van der Waals surface area contributed by atoms with E-state index < -0.39 is 0 Å². The minimum atomic E-state index is 0.579. The average Bonchev–Trinajstić information content (AvgIpc) is 3.16. The van der Waals surface area contributed by atoms with Crippen LogP contribution in [-0.2, 0) is 0 Å². The standard InChI is InChI=1S/C38H73N/c1-6-8-9-10-11-12-15-18-23-34-24-20-27-37(32-34)39-36-26-21-25-35(28-29-36)38(5,30-7-2)31-19-16-13-14-17-22-33(3)4/h32-33,35-37,39H,6-31H2,1-5H3. The predicted octanol–water partition coefficient (Wildman–Crippen LogP) is 12.7. The summed E-state index contributed by atoms with van der Waals surface area (Å²) in [6.45, 7) is 12.1. The summed E-state index contributed by atoms with van der Waals surface area (Å²) in [6.07, 6.45) is 39.9. The molecule has 4 atom stereocenters. The molecule has 1 saturated carbocycles. The van der Waals surface area contributed by atoms with E-state index in [1.54, 1.807) is 5.57 Å². The Morgan fingerprint density at radius 2 is 1.41 bits per heavy atom. The number of unbranched alkanes of at least 4 members (excludes halogenated alkanes) is 11. The first-order valence-electron chi connectivity index (χ1n) is 18.4. The maximum atomic E-state index is 4.17. The van der Waals surface area contributed by atoms with Crippen molar-refractivity contribution in [1.29, 1.82) is 0 Å². The van der Waals surface area contributed by atoms with Gasteiger partial charge in [0.25, 0.3) is 0 Å². The van der Waals surface area contributed by atoms with Crippen molar-refractivity contribution in [3.63, 3.8) is 0 Å². The van der Waals surface area contributed by atoms with Gasteiger partial charge in [-0.15, -0.1) is 0 Å². The molecule has 0 heterocycles. The number of rotatable bonds is 22. The van der Waals surface area contributed by atoms with Gasteiger partial charge in [0.05, 0.1) is 0 Å². The molecule has 0 saturated heterocycles. The fourth-order valence-electron chi connectivity index (χ4n) is 8.01. The van der Waals surface area contributed by atoms with Crippen LogP contribution in [0.3, 0.4) is 0 Å². The largest absolute Gasteiger partial charge is 0.308 e. The third-order valence-corrected chi connectivity index (χ3v) is 10.6. The SMILES string of the molecule is CCCCCCCCCCC1=CC(NC2CCCC(C(C)(CCC)CCCCCCCC(C)C)CC2)CCC1. The van der Waals surface area contributed by atoms with Crippen LogP contribution in [0.15, 0.2) is 11.6 Å². The van der Waals surface area contributed by atoms with Crippen molar-refractivity contribution in [3.05, 3.63) is 11.6 Å². The molecule has 0 radical (unpaired) electrons. The lowest BCUT2D eigenvalue weighted by molar-refractivity contribution is 0.128. The van der Waals surface area contributed by atoms with Crippen LogP contribution in [0.2, 0.25) is 0 Å². The molecule has 0 aromatic rings. The maximum Gasteiger partial charge on any atom is 0.0255 e. The van der Waals surface area contributed by atoms with Crippen LogP contribution in [0.1, 0.15) is 202 Å². The highest BCUT2D eigenvalue weighted by Gasteiger charge is 2.34. The second-order valence-electron chi connectivity index (χ2n) is 14.7. The summed E-state index contributed by atoms with van der Waals surface area (Å²) in [4.78, 5) is 0. The zero-order chi connectivity index (χ0) is 28.2. The lowest BCUT2D eigenvalue weighted by atomic mass is 9.67. The Bertz CT molecular complexity index is 606. The first-order chi connectivity index (χ1) is 19.0. The fraction of sp³-hybridized carbons (Fsp3) is 0.947. The molecule has 1 N–H and O–H groups in total. The van der Waals surface area contributed by atoms with Crippen molar-refractivity contribution in [1.82, 2.24) is 5.32 Å². The first kappa shape index (κ1) is 34.9. The molecule has 0 amide bonds. The van der Waals surface area contributed by atoms with E-state index in [1.807, 2.05) is 0 Å². The quantitative estimate of drug-likeness (QED) is 0.0813. The molecule has 2 rings (SSSR count). The van der Waals surface area contributed by atoms with Crippen LogP contribution >= 0.6 is 0 Å². The van der Waals surface area contributed by atoms with Crippen molar-refractivity contribution in [2.45, 2.75) is 214 Å². The number of hydrogen-bond acceptors (Lipinski definition) is 1. The van der Waals surface area contributed by atoms with Gasteiger partial charge in [0, 0.05) is 12.1 Å². The fourth-order valence-corrected chi connectivity index (χ4v) is 8.01. The van der Waals surface area contributed by atoms with Crippen LogP contribution in [-0.4, -0.2) is 12.1 Å². The predicted molar refractivity (Wildman–Crippen MR) is 177 cm³/mol. The average molecular weight is 544 g/mol. The van der Waals surface area contributed by atoms with Gasteiger partial charge in [-0.2, -0.15) is 0 Å². The third-order valence-electron chi connectivity index (χ3n) is 10.6. The second kappa shape index (κ2) is 21.4. The van der Waals surface area contributed by atoms with E-state index in [9.17, 15) is 0 Å². The first-order valence-corrected chi connectivity index (χ1v) is 18.4. The summed E-state index contributed by atoms with van der Waals surface area (Å²) < 4.78 is 0. The van der Waals surface area contributed by atoms with Crippen molar-refractivity contribution in [3.8, 4) is 0 Å². The minimum absolute atomic E-state index is 0.579. The topological polar surface area (TPSA) is 12.0 Å². The number of hydrogen-bond donors (Lipinski definition) is 1. The monoisotopic (exact) mass is 544 g/mol. The highest BCUT2D eigenvalue weighted by Crippen LogP contribution is 2.44. The van der Waals surface area contributed by atoms with Crippen LogP contribution in [0.5, 0.6) is 0 Å². The minimum Gasteiger partial charge on any atom is -0.308 e. The molecule has 0 aromatic carbocycles. The molecular formula is C38H73N. The normalized spacial score (nSPS) is 23.9. The zero-order valence-electron chi connectivity index (χ0n) is 27.8. The van der Waals surface area contributed by atoms with Gasteiger partial charge >= 0.3 is 0 Å². The van der Waals surface area contributed by atoms with Gasteiger partial charge in [-0.25, -0.2) is 0 Å². The van der Waals surface area contributed by atoms with Crippen molar-refractivity contribution in [2.24, 2.45) is 17.3 Å². The van der Waals surface area contributed by atoms with Gasteiger partial charge < -0.3 is 5.32 Å². The van der Waals surface area contributed by atoms with Crippen molar-refractivity contribution >= 4 is 0 Å². The molecule has 2 aliphatic carbocycles. The molecule has 2 aliphatic rings. The summed E-state index contributed by atoms with van der Waals surface area (Å²) in [5, 5.41) is 4.17. The summed E-state index contributed by atoms with van der Waals surface area (Å²) in [6, 6.07) is 1.41. The molecule has 1 nitrogen and oxygen atoms in total. The van der Waals surface area contributed by atoms with E-state index in [1.165, 1.54) is 167 Å². The number of nitrogens with one attached hydrogen (secondary N) is 1. The zero-order valence-corrected chi connectivity index (χ0v) is 27.8. The highest BCUT2D eigenvalue weighted by atomic mass is 14.9. The maximum absolute atomic E-state index is 4.17. The third kappa shape index (κ3) is 15.5. The Labute approximate surface area is 247 Å². The smallest absolute Gasteiger partial charge is 0.0255 e. The van der Waals surface area contributed by atoms with E-state index in [2.05, 4.69) is 46.0 Å². The Kier molecular flexibility index (Phi) is 19.2. The van der Waals surface area contributed by atoms with Crippen molar-refractivity contribution in [2.75, 3.05) is 0 Å². The van der Waals surface area contributed by atoms with E-state index in [0.29, 0.717) is 11.5 Å². The van der Waals surface area contributed by atoms with Crippen LogP contribution in [0.4, 0.5) is 0 Å². The molecule has 1 heteroatoms. The summed E-state index contributed by atoms with van der Waals surface area (Å²) in [7, 11) is 0. The van der Waals surface area contributed by atoms with E-state index in [-0.39, 0.29) is 0 Å². The lowest BCUT2D eigenvalue weighted by Crippen LogP contribution is -2.38. The number of allylic oxidation sites excluding steroid dienone is 1.